The molecule has 0 saturated carbocycles. The standard InChI is InChI=1S/C17H21ClN2/c1-10(2)16-9-15(20)7-12(11(16)3)6-13-8-14(19)4-5-17(13)18/h4-5,7-10H,6,19-20H2,1-3H3. The molecule has 20 heavy (non-hydrogen) atoms. The summed E-state index contributed by atoms with van der Waals surface area (Å²) in [5, 5.41) is 0.743. The van der Waals surface area contributed by atoms with Gasteiger partial charge in [0.05, 0.1) is 0 Å². The zero-order valence-electron chi connectivity index (χ0n) is 12.2. The van der Waals surface area contributed by atoms with Crippen LogP contribution in [0.15, 0.2) is 30.3 Å². The highest BCUT2D eigenvalue weighted by molar-refractivity contribution is 6.31. The quantitative estimate of drug-likeness (QED) is 0.816. The van der Waals surface area contributed by atoms with Crippen LogP contribution in [0.25, 0.3) is 0 Å². The van der Waals surface area contributed by atoms with Crippen LogP contribution in [0, 0.1) is 6.92 Å². The number of nitrogen functional groups attached to an aromatic ring is 2. The highest BCUT2D eigenvalue weighted by Gasteiger charge is 2.11. The van der Waals surface area contributed by atoms with Crippen molar-refractivity contribution in [3.05, 3.63) is 57.6 Å². The lowest BCUT2D eigenvalue weighted by Crippen LogP contribution is -2.02. The minimum Gasteiger partial charge on any atom is -0.399 e. The number of benzene rings is 2. The SMILES string of the molecule is Cc1c(Cc2cc(N)ccc2Cl)cc(N)cc1C(C)C. The second kappa shape index (κ2) is 5.76. The molecule has 0 saturated heterocycles. The van der Waals surface area contributed by atoms with Gasteiger partial charge in [-0.2, -0.15) is 0 Å². The molecule has 0 radical (unpaired) electrons. The summed E-state index contributed by atoms with van der Waals surface area (Å²) in [5.41, 5.74) is 18.2. The zero-order chi connectivity index (χ0) is 14.9. The first-order valence-electron chi connectivity index (χ1n) is 6.81. The smallest absolute Gasteiger partial charge is 0.0442 e. The van der Waals surface area contributed by atoms with E-state index in [2.05, 4.69) is 26.8 Å². The number of hydrogen-bond donors (Lipinski definition) is 2. The minimum atomic E-state index is 0.452. The van der Waals surface area contributed by atoms with Gasteiger partial charge < -0.3 is 11.5 Å². The van der Waals surface area contributed by atoms with Crippen molar-refractivity contribution in [2.24, 2.45) is 0 Å². The molecule has 0 fully saturated rings. The van der Waals surface area contributed by atoms with Crippen LogP contribution in [0.4, 0.5) is 11.4 Å². The van der Waals surface area contributed by atoms with E-state index in [1.54, 1.807) is 0 Å². The maximum atomic E-state index is 6.25. The van der Waals surface area contributed by atoms with Gasteiger partial charge in [0.2, 0.25) is 0 Å². The van der Waals surface area contributed by atoms with E-state index in [1.807, 2.05) is 24.3 Å². The largest absolute Gasteiger partial charge is 0.399 e. The number of halogens is 1. The van der Waals surface area contributed by atoms with Crippen molar-refractivity contribution in [2.75, 3.05) is 11.5 Å². The monoisotopic (exact) mass is 288 g/mol. The number of anilines is 2. The number of nitrogens with two attached hydrogens (primary N) is 2. The van der Waals surface area contributed by atoms with Gasteiger partial charge in [-0.1, -0.05) is 25.4 Å². The van der Waals surface area contributed by atoms with E-state index >= 15 is 0 Å². The lowest BCUT2D eigenvalue weighted by atomic mass is 9.90. The van der Waals surface area contributed by atoms with Gasteiger partial charge in [-0.15, -0.1) is 0 Å². The fourth-order valence-electron chi connectivity index (χ4n) is 2.54. The molecular formula is C17H21ClN2. The van der Waals surface area contributed by atoms with Crippen LogP contribution in [0.5, 0.6) is 0 Å². The molecular weight excluding hydrogens is 268 g/mol. The third kappa shape index (κ3) is 3.07. The highest BCUT2D eigenvalue weighted by atomic mass is 35.5. The van der Waals surface area contributed by atoms with Gasteiger partial charge in [-0.25, -0.2) is 0 Å². The third-order valence-electron chi connectivity index (χ3n) is 3.65. The van der Waals surface area contributed by atoms with Crippen molar-refractivity contribution < 1.29 is 0 Å². The van der Waals surface area contributed by atoms with Gasteiger partial charge in [-0.3, -0.25) is 0 Å². The minimum absolute atomic E-state index is 0.452. The predicted octanol–water partition coefficient (Wildman–Crippen LogP) is 4.53. The molecule has 4 N–H and O–H groups in total. The Morgan fingerprint density at radius 3 is 2.30 bits per heavy atom. The molecule has 0 aliphatic heterocycles. The fourth-order valence-corrected chi connectivity index (χ4v) is 2.73. The Morgan fingerprint density at radius 2 is 1.65 bits per heavy atom. The molecule has 0 aliphatic carbocycles. The third-order valence-corrected chi connectivity index (χ3v) is 4.02. The molecule has 0 spiro atoms. The second-order valence-electron chi connectivity index (χ2n) is 5.58. The van der Waals surface area contributed by atoms with Crippen LogP contribution in [0.2, 0.25) is 5.02 Å². The van der Waals surface area contributed by atoms with E-state index in [0.717, 1.165) is 28.4 Å². The molecule has 3 heteroatoms. The number of hydrogen-bond acceptors (Lipinski definition) is 2. The lowest BCUT2D eigenvalue weighted by molar-refractivity contribution is 0.852. The molecule has 0 unspecified atom stereocenters. The van der Waals surface area contributed by atoms with Crippen molar-refractivity contribution in [3.63, 3.8) is 0 Å². The normalized spacial score (nSPS) is 11.1. The van der Waals surface area contributed by atoms with Crippen molar-refractivity contribution in [1.29, 1.82) is 0 Å². The first-order valence-corrected chi connectivity index (χ1v) is 7.19. The summed E-state index contributed by atoms with van der Waals surface area (Å²) in [6.07, 6.45) is 0.750. The van der Waals surface area contributed by atoms with Crippen molar-refractivity contribution >= 4 is 23.0 Å². The maximum absolute atomic E-state index is 6.25. The summed E-state index contributed by atoms with van der Waals surface area (Å²) >= 11 is 6.25. The van der Waals surface area contributed by atoms with E-state index in [-0.39, 0.29) is 0 Å². The molecule has 0 aromatic heterocycles. The molecule has 0 atom stereocenters. The fraction of sp³-hybridized carbons (Fsp3) is 0.294. The van der Waals surface area contributed by atoms with Gasteiger partial charge in [0, 0.05) is 16.4 Å². The van der Waals surface area contributed by atoms with Crippen molar-refractivity contribution in [2.45, 2.75) is 33.1 Å². The van der Waals surface area contributed by atoms with Crippen molar-refractivity contribution in [1.82, 2.24) is 0 Å². The van der Waals surface area contributed by atoms with Gasteiger partial charge in [0.25, 0.3) is 0 Å². The summed E-state index contributed by atoms with van der Waals surface area (Å²) < 4.78 is 0. The lowest BCUT2D eigenvalue weighted by Gasteiger charge is -2.16. The summed E-state index contributed by atoms with van der Waals surface area (Å²) in [6.45, 7) is 6.50. The topological polar surface area (TPSA) is 52.0 Å². The zero-order valence-corrected chi connectivity index (χ0v) is 13.0. The van der Waals surface area contributed by atoms with E-state index < -0.39 is 0 Å². The molecule has 0 heterocycles. The van der Waals surface area contributed by atoms with Crippen LogP contribution in [-0.4, -0.2) is 0 Å². The number of rotatable bonds is 3. The Labute approximate surface area is 125 Å². The molecule has 2 aromatic rings. The Bertz CT molecular complexity index is 633. The van der Waals surface area contributed by atoms with Crippen LogP contribution in [0.3, 0.4) is 0 Å². The summed E-state index contributed by atoms with van der Waals surface area (Å²) in [6, 6.07) is 9.68. The van der Waals surface area contributed by atoms with Crippen LogP contribution < -0.4 is 11.5 Å². The average molecular weight is 289 g/mol. The van der Waals surface area contributed by atoms with Gasteiger partial charge in [0.1, 0.15) is 0 Å². The Morgan fingerprint density at radius 1 is 1.00 bits per heavy atom. The summed E-state index contributed by atoms with van der Waals surface area (Å²) in [4.78, 5) is 0. The molecule has 0 bridgehead atoms. The average Bonchev–Trinajstić information content (AvgIpc) is 2.37. The first kappa shape index (κ1) is 14.7. The van der Waals surface area contributed by atoms with E-state index in [0.29, 0.717) is 5.92 Å². The maximum Gasteiger partial charge on any atom is 0.0442 e. The van der Waals surface area contributed by atoms with Crippen molar-refractivity contribution in [3.8, 4) is 0 Å². The molecule has 0 aliphatic rings. The second-order valence-corrected chi connectivity index (χ2v) is 5.98. The highest BCUT2D eigenvalue weighted by Crippen LogP contribution is 2.29. The molecule has 0 amide bonds. The molecule has 106 valence electrons. The summed E-state index contributed by atoms with van der Waals surface area (Å²) in [7, 11) is 0. The Kier molecular flexibility index (Phi) is 4.24. The first-order chi connectivity index (χ1) is 9.38. The van der Waals surface area contributed by atoms with Gasteiger partial charge in [0.15, 0.2) is 0 Å². The van der Waals surface area contributed by atoms with Crippen LogP contribution in [0.1, 0.15) is 42.0 Å². The van der Waals surface area contributed by atoms with Gasteiger partial charge in [-0.05, 0) is 71.8 Å². The molecule has 2 rings (SSSR count). The Balaban J connectivity index is 2.46. The van der Waals surface area contributed by atoms with Crippen LogP contribution in [-0.2, 0) is 6.42 Å². The predicted molar refractivity (Wildman–Crippen MR) is 88.4 cm³/mol. The Hall–Kier alpha value is -1.67. The molecule has 2 nitrogen and oxygen atoms in total. The van der Waals surface area contributed by atoms with E-state index in [4.69, 9.17) is 23.1 Å². The summed E-state index contributed by atoms with van der Waals surface area (Å²) in [5.74, 6) is 0.452. The van der Waals surface area contributed by atoms with E-state index in [1.165, 1.54) is 16.7 Å². The van der Waals surface area contributed by atoms with E-state index in [9.17, 15) is 0 Å². The molecule has 2 aromatic carbocycles. The van der Waals surface area contributed by atoms with Crippen LogP contribution >= 0.6 is 11.6 Å². The van der Waals surface area contributed by atoms with Gasteiger partial charge >= 0.3 is 0 Å².